The molecule has 0 radical (unpaired) electrons. The largest absolute Gasteiger partial charge is 0.382 e. The highest BCUT2D eigenvalue weighted by molar-refractivity contribution is 7.22. The van der Waals surface area contributed by atoms with Gasteiger partial charge in [0.15, 0.2) is 0 Å². The fourth-order valence-corrected chi connectivity index (χ4v) is 3.59. The van der Waals surface area contributed by atoms with Gasteiger partial charge in [-0.15, -0.1) is 22.7 Å². The molecule has 0 aliphatic rings. The molecule has 0 saturated carbocycles. The summed E-state index contributed by atoms with van der Waals surface area (Å²) in [5.74, 6) is -0.0605. The maximum Gasteiger partial charge on any atom is 0.263 e. The summed E-state index contributed by atoms with van der Waals surface area (Å²) in [6, 6.07) is 4.00. The van der Waals surface area contributed by atoms with Crippen LogP contribution in [0.1, 0.15) is 21.8 Å². The van der Waals surface area contributed by atoms with Gasteiger partial charge >= 0.3 is 0 Å². The zero-order valence-corrected chi connectivity index (χ0v) is 14.4. The fourth-order valence-electron chi connectivity index (χ4n) is 1.81. The average Bonchev–Trinajstić information content (AvgIpc) is 3.15. The highest BCUT2D eigenvalue weighted by Gasteiger charge is 2.16. The molecule has 2 rings (SSSR count). The van der Waals surface area contributed by atoms with Crippen molar-refractivity contribution in [3.8, 4) is 9.88 Å². The van der Waals surface area contributed by atoms with E-state index >= 15 is 0 Å². The molecular weight excluding hydrogens is 320 g/mol. The highest BCUT2D eigenvalue weighted by atomic mass is 32.1. The van der Waals surface area contributed by atoms with Gasteiger partial charge in [0.05, 0.1) is 23.8 Å². The predicted octanol–water partition coefficient (Wildman–Crippen LogP) is 2.96. The van der Waals surface area contributed by atoms with Crippen molar-refractivity contribution in [3.63, 3.8) is 0 Å². The molecule has 22 heavy (non-hydrogen) atoms. The number of hydrogen-bond donors (Lipinski definition) is 1. The maximum atomic E-state index is 12.2. The van der Waals surface area contributed by atoms with Gasteiger partial charge in [-0.05, 0) is 24.8 Å². The van der Waals surface area contributed by atoms with Crippen LogP contribution < -0.4 is 5.32 Å². The zero-order valence-electron chi connectivity index (χ0n) is 12.8. The summed E-state index contributed by atoms with van der Waals surface area (Å²) in [5.41, 5.74) is 0.780. The Kier molecular flexibility index (Phi) is 6.98. The summed E-state index contributed by atoms with van der Waals surface area (Å²) in [6.45, 7) is 4.26. The molecule has 0 aromatic carbocycles. The van der Waals surface area contributed by atoms with E-state index in [-0.39, 0.29) is 5.91 Å². The number of carbonyl (C=O) groups is 1. The number of rotatable bonds is 9. The number of carbonyl (C=O) groups excluding carboxylic acids is 1. The van der Waals surface area contributed by atoms with Crippen LogP contribution in [0.4, 0.5) is 0 Å². The molecule has 0 fully saturated rings. The molecule has 0 unspecified atom stereocenters. The first-order valence-electron chi connectivity index (χ1n) is 7.08. The van der Waals surface area contributed by atoms with Crippen molar-refractivity contribution in [3.05, 3.63) is 28.1 Å². The van der Waals surface area contributed by atoms with Crippen molar-refractivity contribution in [2.45, 2.75) is 13.3 Å². The van der Waals surface area contributed by atoms with Gasteiger partial charge in [-0.2, -0.15) is 0 Å². The van der Waals surface area contributed by atoms with E-state index in [2.05, 4.69) is 10.3 Å². The average molecular weight is 340 g/mol. The van der Waals surface area contributed by atoms with Crippen LogP contribution in [0.5, 0.6) is 0 Å². The molecule has 7 heteroatoms. The number of nitrogens with zero attached hydrogens (tertiary/aromatic N) is 1. The van der Waals surface area contributed by atoms with Crippen LogP contribution in [-0.4, -0.2) is 44.4 Å². The molecule has 0 aliphatic heterocycles. The molecule has 0 spiro atoms. The zero-order chi connectivity index (χ0) is 15.8. The third kappa shape index (κ3) is 4.88. The Morgan fingerprint density at radius 3 is 2.95 bits per heavy atom. The van der Waals surface area contributed by atoms with E-state index in [1.165, 1.54) is 11.3 Å². The molecule has 120 valence electrons. The van der Waals surface area contributed by atoms with Gasteiger partial charge in [0.2, 0.25) is 0 Å². The van der Waals surface area contributed by atoms with E-state index in [4.69, 9.17) is 9.47 Å². The molecule has 2 aromatic heterocycles. The molecule has 5 nitrogen and oxygen atoms in total. The predicted molar refractivity (Wildman–Crippen MR) is 89.8 cm³/mol. The Balaban J connectivity index is 1.78. The molecule has 1 N–H and O–H groups in total. The monoisotopic (exact) mass is 340 g/mol. The van der Waals surface area contributed by atoms with Crippen molar-refractivity contribution in [2.24, 2.45) is 0 Å². The lowest BCUT2D eigenvalue weighted by atomic mass is 10.3. The standard InChI is InChI=1S/C15H20N2O3S2/c1-11-13(22-15(17-11)12-5-3-10-21-12)14(18)16-6-4-7-20-9-8-19-2/h3,5,10H,4,6-9H2,1-2H3,(H,16,18). The normalized spacial score (nSPS) is 10.8. The smallest absolute Gasteiger partial charge is 0.263 e. The minimum Gasteiger partial charge on any atom is -0.382 e. The first-order valence-corrected chi connectivity index (χ1v) is 8.78. The Morgan fingerprint density at radius 1 is 1.36 bits per heavy atom. The summed E-state index contributed by atoms with van der Waals surface area (Å²) >= 11 is 3.07. The van der Waals surface area contributed by atoms with Gasteiger partial charge in [0.1, 0.15) is 9.88 Å². The van der Waals surface area contributed by atoms with Crippen molar-refractivity contribution >= 4 is 28.6 Å². The minimum absolute atomic E-state index is 0.0605. The number of methoxy groups -OCH3 is 1. The van der Waals surface area contributed by atoms with Crippen LogP contribution in [0.15, 0.2) is 17.5 Å². The van der Waals surface area contributed by atoms with Crippen LogP contribution in [0.3, 0.4) is 0 Å². The van der Waals surface area contributed by atoms with Gasteiger partial charge in [0, 0.05) is 20.3 Å². The molecular formula is C15H20N2O3S2. The molecule has 0 atom stereocenters. The van der Waals surface area contributed by atoms with Gasteiger partial charge in [-0.25, -0.2) is 4.98 Å². The Bertz CT molecular complexity index is 582. The number of aromatic nitrogens is 1. The molecule has 2 aromatic rings. The van der Waals surface area contributed by atoms with E-state index < -0.39 is 0 Å². The lowest BCUT2D eigenvalue weighted by Gasteiger charge is -2.05. The number of ether oxygens (including phenoxy) is 2. The lowest BCUT2D eigenvalue weighted by molar-refractivity contribution is 0.0688. The van der Waals surface area contributed by atoms with Gasteiger partial charge < -0.3 is 14.8 Å². The molecule has 0 bridgehead atoms. The summed E-state index contributed by atoms with van der Waals surface area (Å²) in [7, 11) is 1.64. The van der Waals surface area contributed by atoms with Crippen LogP contribution >= 0.6 is 22.7 Å². The van der Waals surface area contributed by atoms with Crippen molar-refractivity contribution in [1.82, 2.24) is 10.3 Å². The summed E-state index contributed by atoms with van der Waals surface area (Å²) in [4.78, 5) is 18.4. The van der Waals surface area contributed by atoms with E-state index in [0.717, 1.165) is 22.0 Å². The Morgan fingerprint density at radius 2 is 2.23 bits per heavy atom. The number of thiophene rings is 1. The van der Waals surface area contributed by atoms with Crippen molar-refractivity contribution in [2.75, 3.05) is 33.5 Å². The Labute approximate surface area is 138 Å². The third-order valence-corrected chi connectivity index (χ3v) is 5.11. The lowest BCUT2D eigenvalue weighted by Crippen LogP contribution is -2.25. The number of thiazole rings is 1. The SMILES string of the molecule is COCCOCCCNC(=O)c1sc(-c2cccs2)nc1C. The van der Waals surface area contributed by atoms with Crippen LogP contribution in [0.2, 0.25) is 0 Å². The number of aryl methyl sites for hydroxylation is 1. The second-order valence-electron chi connectivity index (χ2n) is 4.63. The van der Waals surface area contributed by atoms with Crippen molar-refractivity contribution < 1.29 is 14.3 Å². The number of amides is 1. The van der Waals surface area contributed by atoms with Gasteiger partial charge in [0.25, 0.3) is 5.91 Å². The first-order chi connectivity index (χ1) is 10.7. The summed E-state index contributed by atoms with van der Waals surface area (Å²) in [6.07, 6.45) is 0.783. The summed E-state index contributed by atoms with van der Waals surface area (Å²) in [5, 5.41) is 5.83. The van der Waals surface area contributed by atoms with Gasteiger partial charge in [-0.3, -0.25) is 4.79 Å². The second-order valence-corrected chi connectivity index (χ2v) is 6.57. The third-order valence-electron chi connectivity index (χ3n) is 2.92. The van der Waals surface area contributed by atoms with E-state index in [1.54, 1.807) is 18.4 Å². The fraction of sp³-hybridized carbons (Fsp3) is 0.467. The van der Waals surface area contributed by atoms with Gasteiger partial charge in [-0.1, -0.05) is 6.07 Å². The van der Waals surface area contributed by atoms with E-state index in [9.17, 15) is 4.79 Å². The Hall–Kier alpha value is -1.28. The quantitative estimate of drug-likeness (QED) is 0.713. The van der Waals surface area contributed by atoms with E-state index in [0.29, 0.717) is 31.2 Å². The minimum atomic E-state index is -0.0605. The highest BCUT2D eigenvalue weighted by Crippen LogP contribution is 2.30. The van der Waals surface area contributed by atoms with Crippen LogP contribution in [-0.2, 0) is 9.47 Å². The summed E-state index contributed by atoms with van der Waals surface area (Å²) < 4.78 is 10.2. The van der Waals surface area contributed by atoms with Crippen LogP contribution in [0, 0.1) is 6.92 Å². The first kappa shape index (κ1) is 17.1. The topological polar surface area (TPSA) is 60.5 Å². The maximum absolute atomic E-state index is 12.2. The van der Waals surface area contributed by atoms with E-state index in [1.807, 2.05) is 24.4 Å². The van der Waals surface area contributed by atoms with Crippen LogP contribution in [0.25, 0.3) is 9.88 Å². The van der Waals surface area contributed by atoms with Crippen molar-refractivity contribution in [1.29, 1.82) is 0 Å². The second kappa shape index (κ2) is 8.99. The number of hydrogen-bond acceptors (Lipinski definition) is 6. The number of nitrogens with one attached hydrogen (secondary N) is 1. The molecule has 0 aliphatic carbocycles. The molecule has 0 saturated heterocycles. The molecule has 2 heterocycles. The molecule has 1 amide bonds.